The van der Waals surface area contributed by atoms with Gasteiger partial charge in [-0.2, -0.15) is 0 Å². The van der Waals surface area contributed by atoms with Gasteiger partial charge in [-0.25, -0.2) is 0 Å². The number of anilines is 2. The number of carbonyl (C=O) groups is 2. The van der Waals surface area contributed by atoms with E-state index in [4.69, 9.17) is 11.6 Å². The highest BCUT2D eigenvalue weighted by molar-refractivity contribution is 6.30. The molecular formula is C25H29ClN4O2. The molecule has 0 aromatic heterocycles. The molecule has 1 atom stereocenters. The third-order valence-corrected chi connectivity index (χ3v) is 6.86. The first-order valence-corrected chi connectivity index (χ1v) is 11.9. The minimum absolute atomic E-state index is 0.0263. The molecule has 2 saturated heterocycles. The molecule has 0 radical (unpaired) electrons. The van der Waals surface area contributed by atoms with Crippen molar-refractivity contribution in [2.24, 2.45) is 5.92 Å². The fourth-order valence-electron chi connectivity index (χ4n) is 4.71. The van der Waals surface area contributed by atoms with E-state index in [1.54, 1.807) is 0 Å². The Bertz CT molecular complexity index is 1020. The second-order valence-corrected chi connectivity index (χ2v) is 9.40. The van der Waals surface area contributed by atoms with Crippen LogP contribution >= 0.6 is 11.6 Å². The third-order valence-electron chi connectivity index (χ3n) is 6.63. The lowest BCUT2D eigenvalue weighted by atomic mass is 10.0. The SMILES string of the molecule is O=C(Nc1ccc(C(=O)N2CCNCC2c2cccc(Cl)c2)c(N2CCCC2)c1)C1CC1. The summed E-state index contributed by atoms with van der Waals surface area (Å²) in [5.41, 5.74) is 3.43. The minimum atomic E-state index is -0.0735. The van der Waals surface area contributed by atoms with E-state index in [1.165, 1.54) is 0 Å². The van der Waals surface area contributed by atoms with Crippen LogP contribution < -0.4 is 15.5 Å². The standard InChI is InChI=1S/C25H29ClN4O2/c26-19-5-3-4-18(14-19)23-16-27-10-13-30(23)25(32)21-9-8-20(28-24(31)17-6-7-17)15-22(21)29-11-1-2-12-29/h3-5,8-9,14-15,17,23,27H,1-2,6-7,10-13,16H2,(H,28,31). The lowest BCUT2D eigenvalue weighted by molar-refractivity contribution is -0.117. The van der Waals surface area contributed by atoms with Crippen LogP contribution in [0.15, 0.2) is 42.5 Å². The summed E-state index contributed by atoms with van der Waals surface area (Å²) in [6.07, 6.45) is 4.17. The molecule has 2 aliphatic heterocycles. The molecule has 1 unspecified atom stereocenters. The van der Waals surface area contributed by atoms with Gasteiger partial charge in [0.05, 0.1) is 17.3 Å². The van der Waals surface area contributed by atoms with E-state index in [-0.39, 0.29) is 23.8 Å². The number of rotatable bonds is 5. The molecule has 1 saturated carbocycles. The first-order valence-electron chi connectivity index (χ1n) is 11.6. The molecule has 2 amide bonds. The molecule has 1 aliphatic carbocycles. The lowest BCUT2D eigenvalue weighted by Gasteiger charge is -2.37. The van der Waals surface area contributed by atoms with Crippen molar-refractivity contribution in [3.8, 4) is 0 Å². The Balaban J connectivity index is 1.46. The number of piperazine rings is 1. The summed E-state index contributed by atoms with van der Waals surface area (Å²) in [6.45, 7) is 3.95. The van der Waals surface area contributed by atoms with Crippen molar-refractivity contribution in [2.45, 2.75) is 31.7 Å². The van der Waals surface area contributed by atoms with Gasteiger partial charge in [-0.05, 0) is 61.6 Å². The second kappa shape index (κ2) is 9.12. The van der Waals surface area contributed by atoms with Gasteiger partial charge in [0, 0.05) is 49.4 Å². The van der Waals surface area contributed by atoms with Crippen LogP contribution in [-0.4, -0.2) is 49.4 Å². The quantitative estimate of drug-likeness (QED) is 0.717. The second-order valence-electron chi connectivity index (χ2n) is 8.96. The van der Waals surface area contributed by atoms with E-state index >= 15 is 0 Å². The fraction of sp³-hybridized carbons (Fsp3) is 0.440. The summed E-state index contributed by atoms with van der Waals surface area (Å²) in [5.74, 6) is 0.254. The maximum atomic E-state index is 13.8. The largest absolute Gasteiger partial charge is 0.371 e. The average Bonchev–Trinajstić information content (AvgIpc) is 3.53. The predicted molar refractivity (Wildman–Crippen MR) is 127 cm³/mol. The third kappa shape index (κ3) is 4.48. The Morgan fingerprint density at radius 2 is 1.84 bits per heavy atom. The number of carbonyl (C=O) groups excluding carboxylic acids is 2. The fourth-order valence-corrected chi connectivity index (χ4v) is 4.91. The number of hydrogen-bond donors (Lipinski definition) is 2. The number of benzene rings is 2. The smallest absolute Gasteiger partial charge is 0.256 e. The van der Waals surface area contributed by atoms with Gasteiger partial charge < -0.3 is 20.4 Å². The summed E-state index contributed by atoms with van der Waals surface area (Å²) < 4.78 is 0. The molecule has 3 fully saturated rings. The highest BCUT2D eigenvalue weighted by Gasteiger charge is 2.32. The maximum absolute atomic E-state index is 13.8. The maximum Gasteiger partial charge on any atom is 0.256 e. The van der Waals surface area contributed by atoms with Crippen molar-refractivity contribution >= 4 is 34.8 Å². The van der Waals surface area contributed by atoms with Gasteiger partial charge in [0.1, 0.15) is 0 Å². The molecule has 2 N–H and O–H groups in total. The highest BCUT2D eigenvalue weighted by Crippen LogP contribution is 2.34. The van der Waals surface area contributed by atoms with Crippen molar-refractivity contribution in [3.63, 3.8) is 0 Å². The van der Waals surface area contributed by atoms with Gasteiger partial charge in [0.2, 0.25) is 5.91 Å². The van der Waals surface area contributed by atoms with Crippen LogP contribution in [0.4, 0.5) is 11.4 Å². The zero-order chi connectivity index (χ0) is 22.1. The van der Waals surface area contributed by atoms with Gasteiger partial charge in [0.15, 0.2) is 0 Å². The predicted octanol–water partition coefficient (Wildman–Crippen LogP) is 4.08. The summed E-state index contributed by atoms with van der Waals surface area (Å²) in [7, 11) is 0. The van der Waals surface area contributed by atoms with Crippen LogP contribution in [0.25, 0.3) is 0 Å². The monoisotopic (exact) mass is 452 g/mol. The molecule has 32 heavy (non-hydrogen) atoms. The van der Waals surface area contributed by atoms with E-state index in [2.05, 4.69) is 15.5 Å². The lowest BCUT2D eigenvalue weighted by Crippen LogP contribution is -2.49. The Morgan fingerprint density at radius 1 is 1.03 bits per heavy atom. The van der Waals surface area contributed by atoms with Gasteiger partial charge in [-0.15, -0.1) is 0 Å². The van der Waals surface area contributed by atoms with Crippen LogP contribution in [0.1, 0.15) is 47.6 Å². The number of nitrogens with zero attached hydrogens (tertiary/aromatic N) is 2. The summed E-state index contributed by atoms with van der Waals surface area (Å²) >= 11 is 6.24. The van der Waals surface area contributed by atoms with E-state index in [0.717, 1.165) is 62.3 Å². The molecule has 168 valence electrons. The van der Waals surface area contributed by atoms with Gasteiger partial charge in [-0.3, -0.25) is 9.59 Å². The molecule has 5 rings (SSSR count). The minimum Gasteiger partial charge on any atom is -0.371 e. The van der Waals surface area contributed by atoms with E-state index in [9.17, 15) is 9.59 Å². The summed E-state index contributed by atoms with van der Waals surface area (Å²) in [5, 5.41) is 7.13. The number of hydrogen-bond acceptors (Lipinski definition) is 4. The number of halogens is 1. The summed E-state index contributed by atoms with van der Waals surface area (Å²) in [4.78, 5) is 30.4. The summed E-state index contributed by atoms with van der Waals surface area (Å²) in [6, 6.07) is 13.4. The van der Waals surface area contributed by atoms with Crippen LogP contribution in [0.3, 0.4) is 0 Å². The number of nitrogens with one attached hydrogen (secondary N) is 2. The highest BCUT2D eigenvalue weighted by atomic mass is 35.5. The Hall–Kier alpha value is -2.57. The topological polar surface area (TPSA) is 64.7 Å². The van der Waals surface area contributed by atoms with Crippen molar-refractivity contribution in [3.05, 3.63) is 58.6 Å². The molecular weight excluding hydrogens is 424 g/mol. The van der Waals surface area contributed by atoms with Crippen LogP contribution in [0, 0.1) is 5.92 Å². The van der Waals surface area contributed by atoms with E-state index in [1.807, 2.05) is 47.4 Å². The van der Waals surface area contributed by atoms with E-state index in [0.29, 0.717) is 23.7 Å². The Morgan fingerprint density at radius 3 is 2.59 bits per heavy atom. The molecule has 2 aromatic carbocycles. The van der Waals surface area contributed by atoms with Gasteiger partial charge >= 0.3 is 0 Å². The molecule has 2 heterocycles. The zero-order valence-electron chi connectivity index (χ0n) is 18.1. The van der Waals surface area contributed by atoms with Crippen LogP contribution in [0.2, 0.25) is 5.02 Å². The van der Waals surface area contributed by atoms with Crippen molar-refractivity contribution < 1.29 is 9.59 Å². The Labute approximate surface area is 193 Å². The first-order chi connectivity index (χ1) is 15.6. The van der Waals surface area contributed by atoms with Gasteiger partial charge in [0.25, 0.3) is 5.91 Å². The average molecular weight is 453 g/mol. The molecule has 2 aromatic rings. The van der Waals surface area contributed by atoms with Crippen LogP contribution in [-0.2, 0) is 4.79 Å². The van der Waals surface area contributed by atoms with Crippen molar-refractivity contribution in [1.29, 1.82) is 0 Å². The van der Waals surface area contributed by atoms with Crippen LogP contribution in [0.5, 0.6) is 0 Å². The van der Waals surface area contributed by atoms with Crippen molar-refractivity contribution in [1.82, 2.24) is 10.2 Å². The number of amides is 2. The zero-order valence-corrected chi connectivity index (χ0v) is 18.9. The Kier molecular flexibility index (Phi) is 6.07. The molecule has 0 spiro atoms. The van der Waals surface area contributed by atoms with E-state index < -0.39 is 0 Å². The molecule has 6 nitrogen and oxygen atoms in total. The normalized spacial score (nSPS) is 21.0. The van der Waals surface area contributed by atoms with Crippen molar-refractivity contribution in [2.75, 3.05) is 42.9 Å². The molecule has 3 aliphatic rings. The first kappa shape index (κ1) is 21.3. The molecule has 7 heteroatoms. The molecule has 0 bridgehead atoms. The van der Waals surface area contributed by atoms with Gasteiger partial charge in [-0.1, -0.05) is 23.7 Å².